The van der Waals surface area contributed by atoms with Gasteiger partial charge in [0, 0.05) is 43.8 Å². The molecule has 1 fully saturated rings. The summed E-state index contributed by atoms with van der Waals surface area (Å²) in [5.74, 6) is -0.119. The van der Waals surface area contributed by atoms with E-state index in [9.17, 15) is 22.8 Å². The van der Waals surface area contributed by atoms with Crippen molar-refractivity contribution in [2.24, 2.45) is 0 Å². The number of benzene rings is 2. The molecule has 10 heteroatoms. The number of nitrogens with zero attached hydrogens (tertiary/aromatic N) is 3. The highest BCUT2D eigenvalue weighted by Gasteiger charge is 2.31. The number of aromatic nitrogens is 2. The number of hydrogen-bond donors (Lipinski definition) is 1. The third-order valence-electron chi connectivity index (χ3n) is 6.88. The number of carbonyl (C=O) groups is 2. The van der Waals surface area contributed by atoms with Gasteiger partial charge in [0.2, 0.25) is 5.91 Å². The molecule has 4 aromatic rings. The lowest BCUT2D eigenvalue weighted by atomic mass is 9.89. The predicted octanol–water partition coefficient (Wildman–Crippen LogP) is 5.82. The number of carbonyl (C=O) groups excluding carboxylic acids is 2. The van der Waals surface area contributed by atoms with E-state index in [-0.39, 0.29) is 24.0 Å². The Labute approximate surface area is 223 Å². The molecule has 0 unspecified atom stereocenters. The molecule has 0 spiro atoms. The summed E-state index contributed by atoms with van der Waals surface area (Å²) in [6.45, 7) is 1.35. The van der Waals surface area contributed by atoms with E-state index in [1.54, 1.807) is 6.20 Å². The van der Waals surface area contributed by atoms with Crippen molar-refractivity contribution in [3.05, 3.63) is 95.9 Å². The fraction of sp³-hybridized carbons (Fsp3) is 0.276. The number of hydrogen-bond acceptors (Lipinski definition) is 4. The first-order valence-electron chi connectivity index (χ1n) is 12.7. The summed E-state index contributed by atoms with van der Waals surface area (Å²) in [7, 11) is 0. The fourth-order valence-electron chi connectivity index (χ4n) is 4.82. The second-order valence-electron chi connectivity index (χ2n) is 9.54. The van der Waals surface area contributed by atoms with Crippen LogP contribution in [-0.4, -0.2) is 45.6 Å². The first kappa shape index (κ1) is 26.3. The van der Waals surface area contributed by atoms with Crippen LogP contribution in [0.4, 0.5) is 18.9 Å². The summed E-state index contributed by atoms with van der Waals surface area (Å²) < 4.78 is 42.5. The van der Waals surface area contributed by atoms with E-state index in [4.69, 9.17) is 0 Å². The first-order chi connectivity index (χ1) is 18.7. The molecule has 202 valence electrons. The third kappa shape index (κ3) is 6.76. The summed E-state index contributed by atoms with van der Waals surface area (Å²) in [5, 5.41) is 2.86. The maximum atomic E-state index is 13.0. The molecule has 39 heavy (non-hydrogen) atoms. The maximum Gasteiger partial charge on any atom is 0.573 e. The molecule has 7 nitrogen and oxygen atoms in total. The van der Waals surface area contributed by atoms with Gasteiger partial charge in [-0.15, -0.1) is 13.2 Å². The fourth-order valence-corrected chi connectivity index (χ4v) is 4.82. The van der Waals surface area contributed by atoms with Crippen LogP contribution in [0, 0.1) is 0 Å². The molecule has 0 radical (unpaired) electrons. The largest absolute Gasteiger partial charge is 0.573 e. The van der Waals surface area contributed by atoms with Crippen molar-refractivity contribution >= 4 is 23.1 Å². The van der Waals surface area contributed by atoms with Crippen LogP contribution in [0.3, 0.4) is 0 Å². The lowest BCUT2D eigenvalue weighted by Crippen LogP contribution is -2.38. The van der Waals surface area contributed by atoms with Crippen LogP contribution >= 0.6 is 0 Å². The molecule has 3 heterocycles. The van der Waals surface area contributed by atoms with Crippen LogP contribution in [0.5, 0.6) is 5.75 Å². The van der Waals surface area contributed by atoms with Crippen molar-refractivity contribution in [2.45, 2.75) is 38.0 Å². The second-order valence-corrected chi connectivity index (χ2v) is 9.54. The van der Waals surface area contributed by atoms with Gasteiger partial charge in [0.05, 0.1) is 5.56 Å². The maximum absolute atomic E-state index is 13.0. The molecule has 2 aromatic heterocycles. The minimum atomic E-state index is -4.73. The number of rotatable bonds is 7. The van der Waals surface area contributed by atoms with Gasteiger partial charge in [-0.2, -0.15) is 0 Å². The van der Waals surface area contributed by atoms with Gasteiger partial charge in [0.1, 0.15) is 11.4 Å². The molecule has 0 aliphatic carbocycles. The Hall–Kier alpha value is -4.34. The molecule has 0 bridgehead atoms. The average molecular weight is 537 g/mol. The van der Waals surface area contributed by atoms with Gasteiger partial charge in [-0.05, 0) is 72.7 Å². The Morgan fingerprint density at radius 3 is 2.38 bits per heavy atom. The molecule has 1 aliphatic rings. The second kappa shape index (κ2) is 11.2. The predicted molar refractivity (Wildman–Crippen MR) is 140 cm³/mol. The number of nitrogens with one attached hydrogen (secondary N) is 1. The molecule has 1 N–H and O–H groups in total. The van der Waals surface area contributed by atoms with Crippen molar-refractivity contribution in [3.8, 4) is 5.75 Å². The van der Waals surface area contributed by atoms with Gasteiger partial charge < -0.3 is 19.4 Å². The third-order valence-corrected chi connectivity index (χ3v) is 6.88. The van der Waals surface area contributed by atoms with E-state index in [0.29, 0.717) is 36.7 Å². The number of amides is 2. The number of halogens is 3. The number of anilines is 1. The Morgan fingerprint density at radius 1 is 0.974 bits per heavy atom. The van der Waals surface area contributed by atoms with E-state index >= 15 is 0 Å². The van der Waals surface area contributed by atoms with Gasteiger partial charge in [0.15, 0.2) is 0 Å². The van der Waals surface area contributed by atoms with Crippen molar-refractivity contribution in [1.82, 2.24) is 14.3 Å². The van der Waals surface area contributed by atoms with Crippen molar-refractivity contribution in [1.29, 1.82) is 0 Å². The molecular formula is C29H27F3N4O3. The Bertz CT molecular complexity index is 1440. The smallest absolute Gasteiger partial charge is 0.406 e. The van der Waals surface area contributed by atoms with Gasteiger partial charge in [0.25, 0.3) is 5.91 Å². The quantitative estimate of drug-likeness (QED) is 0.323. The van der Waals surface area contributed by atoms with Crippen LogP contribution in [-0.2, 0) is 11.2 Å². The monoisotopic (exact) mass is 536 g/mol. The van der Waals surface area contributed by atoms with Crippen LogP contribution < -0.4 is 10.1 Å². The Morgan fingerprint density at radius 2 is 1.69 bits per heavy atom. The average Bonchev–Trinajstić information content (AvgIpc) is 3.40. The highest BCUT2D eigenvalue weighted by atomic mass is 19.4. The number of piperidine rings is 1. The molecule has 1 saturated heterocycles. The van der Waals surface area contributed by atoms with E-state index < -0.39 is 6.36 Å². The van der Waals surface area contributed by atoms with Crippen molar-refractivity contribution in [3.63, 3.8) is 0 Å². The van der Waals surface area contributed by atoms with Crippen LogP contribution in [0.25, 0.3) is 5.65 Å². The Kier molecular flexibility index (Phi) is 7.53. The summed E-state index contributed by atoms with van der Waals surface area (Å²) >= 11 is 0. The molecule has 0 saturated carbocycles. The van der Waals surface area contributed by atoms with Gasteiger partial charge in [-0.25, -0.2) is 4.98 Å². The molecule has 1 aliphatic heterocycles. The van der Waals surface area contributed by atoms with Crippen molar-refractivity contribution in [2.75, 3.05) is 18.4 Å². The summed E-state index contributed by atoms with van der Waals surface area (Å²) in [6.07, 6.45) is 2.91. The Balaban J connectivity index is 1.08. The van der Waals surface area contributed by atoms with Gasteiger partial charge in [-0.1, -0.05) is 24.3 Å². The highest BCUT2D eigenvalue weighted by molar-refractivity contribution is 5.94. The minimum absolute atomic E-state index is 0.0210. The normalized spacial score (nSPS) is 14.4. The first-order valence-corrected chi connectivity index (χ1v) is 12.7. The lowest BCUT2D eigenvalue weighted by molar-refractivity contribution is -0.274. The van der Waals surface area contributed by atoms with Crippen molar-refractivity contribution < 1.29 is 27.5 Å². The topological polar surface area (TPSA) is 75.9 Å². The number of imidazole rings is 1. The zero-order chi connectivity index (χ0) is 27.4. The minimum Gasteiger partial charge on any atom is -0.406 e. The highest BCUT2D eigenvalue weighted by Crippen LogP contribution is 2.30. The summed E-state index contributed by atoms with van der Waals surface area (Å²) in [5.41, 5.74) is 4.04. The van der Waals surface area contributed by atoms with Crippen LogP contribution in [0.2, 0.25) is 0 Å². The molecule has 0 atom stereocenters. The number of fused-ring (bicyclic) bond motifs is 1. The molecular weight excluding hydrogens is 509 g/mol. The van der Waals surface area contributed by atoms with E-state index in [0.717, 1.165) is 24.1 Å². The van der Waals surface area contributed by atoms with E-state index in [2.05, 4.69) is 15.0 Å². The standard InChI is InChI=1S/C29H27F3N4O3/c30-29(31,32)39-25-9-1-20(2-10-25)3-12-27(37)34-24-7-4-21(5-8-24)22-13-16-35(17-14-22)28(38)23-6-11-26-33-15-18-36(26)19-23/h1-2,4-11,15,18-19,22H,3,12-14,16-17H2,(H,34,37). The van der Waals surface area contributed by atoms with E-state index in [1.165, 1.54) is 29.8 Å². The molecule has 5 rings (SSSR count). The summed E-state index contributed by atoms with van der Waals surface area (Å²) in [4.78, 5) is 31.4. The lowest BCUT2D eigenvalue weighted by Gasteiger charge is -2.32. The number of aryl methyl sites for hydroxylation is 1. The molecule has 2 aromatic carbocycles. The van der Waals surface area contributed by atoms with Gasteiger partial charge in [-0.3, -0.25) is 9.59 Å². The molecule has 2 amide bonds. The number of pyridine rings is 1. The zero-order valence-electron chi connectivity index (χ0n) is 21.0. The number of ether oxygens (including phenoxy) is 1. The van der Waals surface area contributed by atoms with Crippen LogP contribution in [0.15, 0.2) is 79.3 Å². The SMILES string of the molecule is O=C(CCc1ccc(OC(F)(F)F)cc1)Nc1ccc(C2CCN(C(=O)c3ccc4nccn4c3)CC2)cc1. The summed E-state index contributed by atoms with van der Waals surface area (Å²) in [6, 6.07) is 16.9. The van der Waals surface area contributed by atoms with Gasteiger partial charge >= 0.3 is 6.36 Å². The van der Waals surface area contributed by atoms with E-state index in [1.807, 2.05) is 58.1 Å². The number of likely N-dealkylation sites (tertiary alicyclic amines) is 1. The zero-order valence-corrected chi connectivity index (χ0v) is 21.0. The number of alkyl halides is 3. The van der Waals surface area contributed by atoms with Crippen LogP contribution in [0.1, 0.15) is 46.7 Å².